The second-order valence-electron chi connectivity index (χ2n) is 9.79. The van der Waals surface area contributed by atoms with Gasteiger partial charge in [-0.05, 0) is 41.9 Å². The van der Waals surface area contributed by atoms with Gasteiger partial charge in [-0.3, -0.25) is 9.69 Å². The summed E-state index contributed by atoms with van der Waals surface area (Å²) in [5, 5.41) is 0. The van der Waals surface area contributed by atoms with Gasteiger partial charge in [-0.2, -0.15) is 4.31 Å². The Labute approximate surface area is 185 Å². The Balaban J connectivity index is 1.39. The molecule has 1 heterocycles. The molecule has 7 nitrogen and oxygen atoms in total. The van der Waals surface area contributed by atoms with Crippen LogP contribution in [0.3, 0.4) is 0 Å². The summed E-state index contributed by atoms with van der Waals surface area (Å²) in [6.45, 7) is 7.16. The van der Waals surface area contributed by atoms with E-state index in [4.69, 9.17) is 9.47 Å². The molecule has 1 aromatic carbocycles. The van der Waals surface area contributed by atoms with Gasteiger partial charge in [0.25, 0.3) is 0 Å². The number of ether oxygens (including phenoxy) is 2. The maximum Gasteiger partial charge on any atom is 0.215 e. The molecule has 2 saturated carbocycles. The van der Waals surface area contributed by atoms with E-state index in [1.54, 1.807) is 18.5 Å². The van der Waals surface area contributed by atoms with E-state index in [0.717, 1.165) is 18.5 Å². The Morgan fingerprint density at radius 3 is 2.29 bits per heavy atom. The average Bonchev–Trinajstić information content (AvgIpc) is 3.08. The molecule has 0 N–H and O–H groups in total. The fourth-order valence-electron chi connectivity index (χ4n) is 5.91. The van der Waals surface area contributed by atoms with Crippen LogP contribution in [0.4, 0.5) is 0 Å². The first-order valence-electron chi connectivity index (χ1n) is 11.1. The number of methoxy groups -OCH3 is 2. The first kappa shape index (κ1) is 22.6. The van der Waals surface area contributed by atoms with E-state index in [-0.39, 0.29) is 17.0 Å². The van der Waals surface area contributed by atoms with Gasteiger partial charge < -0.3 is 9.47 Å². The van der Waals surface area contributed by atoms with Crippen molar-refractivity contribution in [3.05, 3.63) is 23.8 Å². The highest BCUT2D eigenvalue weighted by Crippen LogP contribution is 2.64. The minimum atomic E-state index is -3.48. The molecule has 2 atom stereocenters. The summed E-state index contributed by atoms with van der Waals surface area (Å²) in [6.07, 6.45) is 2.22. The lowest BCUT2D eigenvalue weighted by Gasteiger charge is -2.39. The molecule has 0 radical (unpaired) electrons. The van der Waals surface area contributed by atoms with Gasteiger partial charge in [0.1, 0.15) is 5.78 Å². The zero-order valence-corrected chi connectivity index (χ0v) is 19.8. The summed E-state index contributed by atoms with van der Waals surface area (Å²) in [5.41, 5.74) is 0.169. The van der Waals surface area contributed by atoms with Crippen LogP contribution in [0.5, 0.6) is 11.5 Å². The van der Waals surface area contributed by atoms with Crippen LogP contribution in [0, 0.1) is 16.7 Å². The third-order valence-corrected chi connectivity index (χ3v) is 10.2. The standard InChI is InChI=1S/C23H34N2O5S/c1-22(2)18-7-8-23(22,21(26)14-18)16-31(27,28)25-11-9-24(10-12-25)15-17-5-6-19(29-3)20(13-17)30-4/h5-6,13,18H,7-12,14-16H2,1-4H3. The van der Waals surface area contributed by atoms with Crippen molar-refractivity contribution in [3.63, 3.8) is 0 Å². The van der Waals surface area contributed by atoms with Crippen LogP contribution in [0.15, 0.2) is 18.2 Å². The summed E-state index contributed by atoms with van der Waals surface area (Å²) < 4.78 is 38.9. The van der Waals surface area contributed by atoms with Gasteiger partial charge in [-0.1, -0.05) is 19.9 Å². The molecule has 31 heavy (non-hydrogen) atoms. The van der Waals surface area contributed by atoms with Crippen LogP contribution in [0.2, 0.25) is 0 Å². The van der Waals surface area contributed by atoms with E-state index in [1.165, 1.54) is 0 Å². The number of rotatable bonds is 7. The number of sulfonamides is 1. The smallest absolute Gasteiger partial charge is 0.215 e. The predicted octanol–water partition coefficient (Wildman–Crippen LogP) is 2.55. The Morgan fingerprint density at radius 1 is 1.06 bits per heavy atom. The number of nitrogens with zero attached hydrogens (tertiary/aromatic N) is 2. The van der Waals surface area contributed by atoms with Gasteiger partial charge >= 0.3 is 0 Å². The van der Waals surface area contributed by atoms with E-state index in [1.807, 2.05) is 18.2 Å². The van der Waals surface area contributed by atoms with E-state index >= 15 is 0 Å². The summed E-state index contributed by atoms with van der Waals surface area (Å²) in [7, 11) is -0.249. The highest BCUT2D eigenvalue weighted by atomic mass is 32.2. The summed E-state index contributed by atoms with van der Waals surface area (Å²) in [4.78, 5) is 15.0. The van der Waals surface area contributed by atoms with E-state index in [9.17, 15) is 13.2 Å². The topological polar surface area (TPSA) is 76.2 Å². The Kier molecular flexibility index (Phi) is 5.85. The van der Waals surface area contributed by atoms with Crippen LogP contribution in [0.1, 0.15) is 38.7 Å². The molecule has 2 aliphatic carbocycles. The van der Waals surface area contributed by atoms with Crippen molar-refractivity contribution in [1.82, 2.24) is 9.21 Å². The van der Waals surface area contributed by atoms with Gasteiger partial charge in [-0.15, -0.1) is 0 Å². The van der Waals surface area contributed by atoms with Crippen molar-refractivity contribution in [2.45, 2.75) is 39.7 Å². The van der Waals surface area contributed by atoms with Crippen molar-refractivity contribution in [2.24, 2.45) is 16.7 Å². The quantitative estimate of drug-likeness (QED) is 0.636. The fourth-order valence-corrected chi connectivity index (χ4v) is 8.12. The monoisotopic (exact) mass is 450 g/mol. The van der Waals surface area contributed by atoms with E-state index in [0.29, 0.717) is 56.4 Å². The number of carbonyl (C=O) groups is 1. The van der Waals surface area contributed by atoms with E-state index in [2.05, 4.69) is 18.7 Å². The molecular weight excluding hydrogens is 416 g/mol. The third-order valence-electron chi connectivity index (χ3n) is 8.15. The molecule has 1 saturated heterocycles. The second-order valence-corrected chi connectivity index (χ2v) is 11.8. The minimum absolute atomic E-state index is 0.0297. The van der Waals surface area contributed by atoms with Crippen LogP contribution in [-0.2, 0) is 21.4 Å². The lowest BCUT2D eigenvalue weighted by atomic mass is 9.70. The number of ketones is 1. The lowest BCUT2D eigenvalue weighted by Crippen LogP contribution is -2.52. The van der Waals surface area contributed by atoms with Crippen molar-refractivity contribution >= 4 is 15.8 Å². The van der Waals surface area contributed by atoms with Crippen molar-refractivity contribution in [1.29, 1.82) is 0 Å². The van der Waals surface area contributed by atoms with Crippen LogP contribution in [-0.4, -0.2) is 69.6 Å². The summed E-state index contributed by atoms with van der Waals surface area (Å²) in [5.74, 6) is 1.84. The molecule has 8 heteroatoms. The lowest BCUT2D eigenvalue weighted by molar-refractivity contribution is -0.128. The van der Waals surface area contributed by atoms with Crippen molar-refractivity contribution in [3.8, 4) is 11.5 Å². The number of benzene rings is 1. The number of hydrogen-bond acceptors (Lipinski definition) is 6. The molecular formula is C23H34N2O5S. The number of Topliss-reactive ketones (excluding diaryl/α,β-unsaturated/α-hetero) is 1. The summed E-state index contributed by atoms with van der Waals surface area (Å²) >= 11 is 0. The number of hydrogen-bond donors (Lipinski definition) is 0. The molecule has 2 unspecified atom stereocenters. The zero-order chi connectivity index (χ0) is 22.4. The molecule has 0 spiro atoms. The number of fused-ring (bicyclic) bond motifs is 2. The maximum absolute atomic E-state index is 13.3. The van der Waals surface area contributed by atoms with Crippen LogP contribution >= 0.6 is 0 Å². The largest absolute Gasteiger partial charge is 0.493 e. The molecule has 0 aromatic heterocycles. The Hall–Kier alpha value is -1.64. The molecule has 172 valence electrons. The number of carbonyl (C=O) groups excluding carboxylic acids is 1. The molecule has 1 aliphatic heterocycles. The predicted molar refractivity (Wildman–Crippen MR) is 119 cm³/mol. The van der Waals surface area contributed by atoms with Crippen molar-refractivity contribution < 1.29 is 22.7 Å². The van der Waals surface area contributed by atoms with Crippen LogP contribution in [0.25, 0.3) is 0 Å². The van der Waals surface area contributed by atoms with Gasteiger partial charge in [0.2, 0.25) is 10.0 Å². The normalized spacial score (nSPS) is 28.8. The molecule has 4 rings (SSSR count). The second kappa shape index (κ2) is 8.05. The van der Waals surface area contributed by atoms with Crippen molar-refractivity contribution in [2.75, 3.05) is 46.2 Å². The third kappa shape index (κ3) is 3.76. The molecule has 3 fully saturated rings. The Bertz CT molecular complexity index is 953. The number of piperazine rings is 1. The SMILES string of the molecule is COc1ccc(CN2CCN(S(=O)(=O)CC34CCC(CC3=O)C4(C)C)CC2)cc1OC. The maximum atomic E-state index is 13.3. The highest BCUT2D eigenvalue weighted by Gasteiger charge is 2.65. The molecule has 2 bridgehead atoms. The molecule has 0 amide bonds. The fraction of sp³-hybridized carbons (Fsp3) is 0.696. The van der Waals surface area contributed by atoms with Gasteiger partial charge in [0.15, 0.2) is 11.5 Å². The first-order valence-corrected chi connectivity index (χ1v) is 12.7. The first-order chi connectivity index (χ1) is 14.6. The van der Waals surface area contributed by atoms with Gasteiger partial charge in [0.05, 0.1) is 20.0 Å². The molecule has 3 aliphatic rings. The van der Waals surface area contributed by atoms with Gasteiger partial charge in [-0.25, -0.2) is 8.42 Å². The average molecular weight is 451 g/mol. The van der Waals surface area contributed by atoms with E-state index < -0.39 is 15.4 Å². The zero-order valence-electron chi connectivity index (χ0n) is 19.0. The highest BCUT2D eigenvalue weighted by molar-refractivity contribution is 7.89. The summed E-state index contributed by atoms with van der Waals surface area (Å²) in [6, 6.07) is 5.86. The molecule has 1 aromatic rings. The van der Waals surface area contributed by atoms with Gasteiger partial charge in [0, 0.05) is 44.6 Å². The minimum Gasteiger partial charge on any atom is -0.493 e. The van der Waals surface area contributed by atoms with Crippen LogP contribution < -0.4 is 9.47 Å². The Morgan fingerprint density at radius 2 is 1.74 bits per heavy atom.